The second-order valence-electron chi connectivity index (χ2n) is 7.58. The van der Waals surface area contributed by atoms with Gasteiger partial charge in [-0.25, -0.2) is 8.42 Å². The molecule has 0 radical (unpaired) electrons. The molecule has 1 aliphatic heterocycles. The van der Waals surface area contributed by atoms with Crippen molar-refractivity contribution in [3.63, 3.8) is 0 Å². The van der Waals surface area contributed by atoms with Crippen molar-refractivity contribution in [3.8, 4) is 5.75 Å². The van der Waals surface area contributed by atoms with Gasteiger partial charge in [0.25, 0.3) is 5.91 Å². The summed E-state index contributed by atoms with van der Waals surface area (Å²) in [6.45, 7) is 3.28. The fourth-order valence-electron chi connectivity index (χ4n) is 3.68. The molecule has 1 fully saturated rings. The molecule has 3 rings (SSSR count). The summed E-state index contributed by atoms with van der Waals surface area (Å²) in [4.78, 5) is 24.6. The summed E-state index contributed by atoms with van der Waals surface area (Å²) in [5, 5.41) is 5.48. The molecule has 0 bridgehead atoms. The van der Waals surface area contributed by atoms with E-state index < -0.39 is 10.0 Å². The van der Waals surface area contributed by atoms with Gasteiger partial charge in [0.05, 0.1) is 11.5 Å². The Kier molecular flexibility index (Phi) is 7.87. The van der Waals surface area contributed by atoms with Crippen LogP contribution in [0.25, 0.3) is 0 Å². The maximum absolute atomic E-state index is 12.9. The first-order valence-corrected chi connectivity index (χ1v) is 12.1. The molecule has 32 heavy (non-hydrogen) atoms. The molecule has 2 aromatic rings. The first kappa shape index (κ1) is 23.7. The van der Waals surface area contributed by atoms with E-state index in [1.54, 1.807) is 49.5 Å². The monoisotopic (exact) mass is 459 g/mol. The van der Waals surface area contributed by atoms with E-state index in [1.165, 1.54) is 4.31 Å². The molecule has 9 heteroatoms. The van der Waals surface area contributed by atoms with Crippen molar-refractivity contribution >= 4 is 21.8 Å². The lowest BCUT2D eigenvalue weighted by Gasteiger charge is -2.30. The highest BCUT2D eigenvalue weighted by molar-refractivity contribution is 7.89. The van der Waals surface area contributed by atoms with Crippen LogP contribution in [0.15, 0.2) is 53.4 Å². The van der Waals surface area contributed by atoms with Crippen LogP contribution >= 0.6 is 0 Å². The van der Waals surface area contributed by atoms with Crippen LogP contribution in [0.4, 0.5) is 0 Å². The van der Waals surface area contributed by atoms with Crippen molar-refractivity contribution < 1.29 is 22.7 Å². The average Bonchev–Trinajstić information content (AvgIpc) is 2.83. The molecule has 0 aliphatic carbocycles. The number of carbonyl (C=O) groups excluding carboxylic acids is 2. The van der Waals surface area contributed by atoms with Crippen LogP contribution in [0.1, 0.15) is 35.7 Å². The normalized spacial score (nSPS) is 15.2. The van der Waals surface area contributed by atoms with Crippen molar-refractivity contribution in [2.75, 3.05) is 26.7 Å². The summed E-state index contributed by atoms with van der Waals surface area (Å²) in [6, 6.07) is 13.5. The van der Waals surface area contributed by atoms with E-state index in [0.717, 1.165) is 5.56 Å². The van der Waals surface area contributed by atoms with Crippen molar-refractivity contribution in [1.82, 2.24) is 14.9 Å². The van der Waals surface area contributed by atoms with Gasteiger partial charge < -0.3 is 15.4 Å². The van der Waals surface area contributed by atoms with E-state index in [2.05, 4.69) is 10.6 Å². The molecule has 0 atom stereocenters. The molecule has 1 heterocycles. The predicted octanol–water partition coefficient (Wildman–Crippen LogP) is 2.16. The molecular formula is C23H29N3O5S. The third kappa shape index (κ3) is 5.66. The topological polar surface area (TPSA) is 105 Å². The zero-order valence-corrected chi connectivity index (χ0v) is 19.2. The van der Waals surface area contributed by atoms with Crippen molar-refractivity contribution in [2.24, 2.45) is 5.92 Å². The predicted molar refractivity (Wildman–Crippen MR) is 121 cm³/mol. The Labute approximate surface area is 189 Å². The van der Waals surface area contributed by atoms with Crippen LogP contribution < -0.4 is 15.4 Å². The van der Waals surface area contributed by atoms with Crippen LogP contribution in [0.2, 0.25) is 0 Å². The molecule has 2 aromatic carbocycles. The molecule has 0 aromatic heterocycles. The number of ether oxygens (including phenoxy) is 1. The van der Waals surface area contributed by atoms with Crippen LogP contribution in [0.5, 0.6) is 5.75 Å². The summed E-state index contributed by atoms with van der Waals surface area (Å²) in [6.07, 6.45) is 0.917. The summed E-state index contributed by atoms with van der Waals surface area (Å²) >= 11 is 0. The highest BCUT2D eigenvalue weighted by atomic mass is 32.2. The zero-order chi connectivity index (χ0) is 23.1. The molecular weight excluding hydrogens is 430 g/mol. The standard InChI is InChI=1S/C23H29N3O5S/c1-3-31-20-7-9-21(10-8-20)32(29,30)26-13-11-18(12-14-26)23(28)25-16-17-5-4-6-19(15-17)22(27)24-2/h4-10,15,18H,3,11-14,16H2,1-2H3,(H,24,27)(H,25,28). The quantitative estimate of drug-likeness (QED) is 0.630. The summed E-state index contributed by atoms with van der Waals surface area (Å²) in [7, 11) is -2.04. The maximum Gasteiger partial charge on any atom is 0.251 e. The number of rotatable bonds is 8. The highest BCUT2D eigenvalue weighted by Crippen LogP contribution is 2.25. The maximum atomic E-state index is 12.9. The number of carbonyl (C=O) groups is 2. The average molecular weight is 460 g/mol. The van der Waals surface area contributed by atoms with Gasteiger partial charge in [0.1, 0.15) is 5.75 Å². The van der Waals surface area contributed by atoms with Gasteiger partial charge in [0, 0.05) is 38.2 Å². The minimum Gasteiger partial charge on any atom is -0.494 e. The molecule has 8 nitrogen and oxygen atoms in total. The van der Waals surface area contributed by atoms with E-state index in [1.807, 2.05) is 13.0 Å². The minimum atomic E-state index is -3.61. The Hall–Kier alpha value is -2.91. The van der Waals surface area contributed by atoms with Gasteiger partial charge in [0.2, 0.25) is 15.9 Å². The molecule has 172 valence electrons. The number of benzene rings is 2. The Morgan fingerprint density at radius 1 is 1.09 bits per heavy atom. The number of sulfonamides is 1. The lowest BCUT2D eigenvalue weighted by Crippen LogP contribution is -2.42. The minimum absolute atomic E-state index is 0.103. The highest BCUT2D eigenvalue weighted by Gasteiger charge is 2.32. The Balaban J connectivity index is 1.53. The Morgan fingerprint density at radius 3 is 2.41 bits per heavy atom. The number of amides is 2. The van der Waals surface area contributed by atoms with Crippen LogP contribution in [0, 0.1) is 5.92 Å². The Bertz CT molecular complexity index is 1050. The van der Waals surface area contributed by atoms with Crippen molar-refractivity contribution in [2.45, 2.75) is 31.2 Å². The molecule has 1 aliphatic rings. The molecule has 0 saturated carbocycles. The third-order valence-electron chi connectivity index (χ3n) is 5.48. The zero-order valence-electron chi connectivity index (χ0n) is 18.3. The number of piperidine rings is 1. The Morgan fingerprint density at radius 2 is 1.78 bits per heavy atom. The number of hydrogen-bond donors (Lipinski definition) is 2. The molecule has 0 unspecified atom stereocenters. The van der Waals surface area contributed by atoms with E-state index in [-0.39, 0.29) is 22.6 Å². The second-order valence-corrected chi connectivity index (χ2v) is 9.52. The number of hydrogen-bond acceptors (Lipinski definition) is 5. The van der Waals surface area contributed by atoms with Crippen molar-refractivity contribution in [1.29, 1.82) is 0 Å². The number of nitrogens with zero attached hydrogens (tertiary/aromatic N) is 1. The van der Waals surface area contributed by atoms with Gasteiger partial charge in [-0.15, -0.1) is 0 Å². The largest absolute Gasteiger partial charge is 0.494 e. The van der Waals surface area contributed by atoms with Gasteiger partial charge in [-0.3, -0.25) is 9.59 Å². The van der Waals surface area contributed by atoms with Crippen LogP contribution in [-0.2, 0) is 21.4 Å². The van der Waals surface area contributed by atoms with Gasteiger partial charge in [-0.1, -0.05) is 12.1 Å². The van der Waals surface area contributed by atoms with Gasteiger partial charge in [-0.2, -0.15) is 4.31 Å². The fourth-order valence-corrected chi connectivity index (χ4v) is 5.15. The van der Waals surface area contributed by atoms with Gasteiger partial charge in [0.15, 0.2) is 0 Å². The molecule has 2 amide bonds. The first-order valence-electron chi connectivity index (χ1n) is 10.7. The molecule has 0 spiro atoms. The van der Waals surface area contributed by atoms with Gasteiger partial charge >= 0.3 is 0 Å². The lowest BCUT2D eigenvalue weighted by atomic mass is 9.97. The first-order chi connectivity index (χ1) is 15.3. The molecule has 2 N–H and O–H groups in total. The van der Waals surface area contributed by atoms with E-state index in [0.29, 0.717) is 50.4 Å². The lowest BCUT2D eigenvalue weighted by molar-refractivity contribution is -0.126. The van der Waals surface area contributed by atoms with E-state index >= 15 is 0 Å². The van der Waals surface area contributed by atoms with Crippen LogP contribution in [-0.4, -0.2) is 51.3 Å². The van der Waals surface area contributed by atoms with E-state index in [4.69, 9.17) is 4.74 Å². The summed E-state index contributed by atoms with van der Waals surface area (Å²) in [5.74, 6) is 0.0966. The number of nitrogens with one attached hydrogen (secondary N) is 2. The summed E-state index contributed by atoms with van der Waals surface area (Å²) in [5.41, 5.74) is 1.36. The van der Waals surface area contributed by atoms with Gasteiger partial charge in [-0.05, 0) is 61.7 Å². The molecule has 1 saturated heterocycles. The third-order valence-corrected chi connectivity index (χ3v) is 7.39. The van der Waals surface area contributed by atoms with Crippen LogP contribution in [0.3, 0.4) is 0 Å². The fraction of sp³-hybridized carbons (Fsp3) is 0.391. The smallest absolute Gasteiger partial charge is 0.251 e. The van der Waals surface area contributed by atoms with E-state index in [9.17, 15) is 18.0 Å². The summed E-state index contributed by atoms with van der Waals surface area (Å²) < 4.78 is 32.6. The second kappa shape index (κ2) is 10.6. The SMILES string of the molecule is CCOc1ccc(S(=O)(=O)N2CCC(C(=O)NCc3cccc(C(=O)NC)c3)CC2)cc1. The van der Waals surface area contributed by atoms with Crippen molar-refractivity contribution in [3.05, 3.63) is 59.7 Å².